The minimum atomic E-state index is -0.0869. The molecule has 0 aromatic heterocycles. The van der Waals surface area contributed by atoms with E-state index in [2.05, 4.69) is 244 Å². The van der Waals surface area contributed by atoms with Crippen molar-refractivity contribution < 1.29 is 9.59 Å². The number of carbonyl (C=O) groups is 2. The van der Waals surface area contributed by atoms with Crippen LogP contribution in [0.4, 0.5) is 0 Å². The lowest BCUT2D eigenvalue weighted by molar-refractivity contribution is -0.124. The van der Waals surface area contributed by atoms with Gasteiger partial charge in [0, 0.05) is 13.1 Å². The Hall–Kier alpha value is -8.34. The molecule has 8 aromatic carbocycles. The number of carbonyl (C=O) groups excluding carboxylic acids is 2. The van der Waals surface area contributed by atoms with Crippen molar-refractivity contribution in [3.63, 3.8) is 0 Å². The number of unbranched alkanes of at least 4 members (excludes halogenated alkanes) is 10. The fourth-order valence-electron chi connectivity index (χ4n) is 11.6. The van der Waals surface area contributed by atoms with Gasteiger partial charge >= 0.3 is 0 Å². The molecule has 2 aliphatic rings. The summed E-state index contributed by atoms with van der Waals surface area (Å²) in [6.45, 7) is 5.57. The van der Waals surface area contributed by atoms with Crippen molar-refractivity contribution in [3.05, 3.63) is 297 Å². The molecule has 8 aromatic rings. The second kappa shape index (κ2) is 26.1. The second-order valence-corrected chi connectivity index (χ2v) is 20.7. The molecule has 0 saturated carbocycles. The van der Waals surface area contributed by atoms with E-state index in [-0.39, 0.29) is 11.8 Å². The van der Waals surface area contributed by atoms with E-state index in [9.17, 15) is 0 Å². The molecule has 2 aliphatic heterocycles. The smallest absolute Gasteiger partial charge is 0.261 e. The standard InChI is InChI=1S/C74H72N2O2/c1-3-5-7-9-11-31-53-75-71(63-49-45-61(46-50-63)67(59-41-27-17-28-42-59)65(55-33-19-13-20-34-55)56-35-21-14-22-36-56)69-70(73(75)77)72(76(74(69)78)54-32-12-10-8-6-4-2)64-51-47-62(48-52-64)68(60-43-29-18-30-44-60)66(57-37-23-15-24-38-57)58-39-25-16-26-40-58/h13-30,33-52H,3-12,31-32,53-54H2,1-2H3. The zero-order valence-corrected chi connectivity index (χ0v) is 45.5. The normalized spacial score (nSPS) is 13.1. The Morgan fingerprint density at radius 3 is 0.731 bits per heavy atom. The maximum absolute atomic E-state index is 15.6. The Balaban J connectivity index is 1.13. The van der Waals surface area contributed by atoms with Crippen molar-refractivity contribution in [3.8, 4) is 0 Å². The lowest BCUT2D eigenvalue weighted by Crippen LogP contribution is -2.31. The number of nitrogens with zero attached hydrogens (tertiary/aromatic N) is 2. The summed E-state index contributed by atoms with van der Waals surface area (Å²) in [5, 5.41) is 0. The predicted octanol–water partition coefficient (Wildman–Crippen LogP) is 18.2. The molecule has 10 rings (SSSR count). The molecule has 4 nitrogen and oxygen atoms in total. The van der Waals surface area contributed by atoms with Crippen LogP contribution in [0.5, 0.6) is 0 Å². The maximum atomic E-state index is 15.6. The van der Waals surface area contributed by atoms with Crippen molar-refractivity contribution in [2.75, 3.05) is 13.1 Å². The van der Waals surface area contributed by atoms with Crippen LogP contribution in [-0.4, -0.2) is 34.7 Å². The molecule has 2 amide bonds. The summed E-state index contributed by atoms with van der Waals surface area (Å²) < 4.78 is 0. The molecule has 0 radical (unpaired) electrons. The predicted molar refractivity (Wildman–Crippen MR) is 326 cm³/mol. The van der Waals surface area contributed by atoms with E-state index in [0.717, 1.165) is 128 Å². The number of benzene rings is 8. The Kier molecular flexibility index (Phi) is 17.8. The number of hydrogen-bond acceptors (Lipinski definition) is 2. The summed E-state index contributed by atoms with van der Waals surface area (Å²) in [5.41, 5.74) is 17.6. The van der Waals surface area contributed by atoms with Gasteiger partial charge in [-0.15, -0.1) is 0 Å². The van der Waals surface area contributed by atoms with E-state index >= 15 is 9.59 Å². The molecule has 0 bridgehead atoms. The Morgan fingerprint density at radius 2 is 0.487 bits per heavy atom. The van der Waals surface area contributed by atoms with Crippen LogP contribution in [0, 0.1) is 0 Å². The molecule has 0 atom stereocenters. The highest BCUT2D eigenvalue weighted by atomic mass is 16.2. The highest BCUT2D eigenvalue weighted by molar-refractivity contribution is 6.30. The first-order valence-electron chi connectivity index (χ1n) is 28.7. The van der Waals surface area contributed by atoms with Gasteiger partial charge in [-0.05, 0) is 90.8 Å². The highest BCUT2D eigenvalue weighted by Gasteiger charge is 2.48. The van der Waals surface area contributed by atoms with Crippen LogP contribution in [-0.2, 0) is 9.59 Å². The number of rotatable bonds is 24. The summed E-state index contributed by atoms with van der Waals surface area (Å²) in [6.07, 6.45) is 13.1. The minimum Gasteiger partial charge on any atom is -0.307 e. The maximum Gasteiger partial charge on any atom is 0.261 e. The highest BCUT2D eigenvalue weighted by Crippen LogP contribution is 2.48. The van der Waals surface area contributed by atoms with Gasteiger partial charge in [0.1, 0.15) is 0 Å². The summed E-state index contributed by atoms with van der Waals surface area (Å²) in [6, 6.07) is 81.1. The molecule has 0 saturated heterocycles. The van der Waals surface area contributed by atoms with Crippen LogP contribution >= 0.6 is 0 Å². The molecule has 390 valence electrons. The van der Waals surface area contributed by atoms with Crippen LogP contribution in [0.2, 0.25) is 0 Å². The number of amides is 2. The quantitative estimate of drug-likeness (QED) is 0.0447. The molecule has 0 aliphatic carbocycles. The average molecular weight is 1020 g/mol. The van der Waals surface area contributed by atoms with Crippen LogP contribution in [0.15, 0.2) is 242 Å². The van der Waals surface area contributed by atoms with Gasteiger partial charge in [0.25, 0.3) is 11.8 Å². The third-order valence-electron chi connectivity index (χ3n) is 15.4. The zero-order valence-electron chi connectivity index (χ0n) is 45.5. The molecule has 0 spiro atoms. The molecular formula is C74H72N2O2. The lowest BCUT2D eigenvalue weighted by atomic mass is 9.85. The topological polar surface area (TPSA) is 40.6 Å². The number of fused-ring (bicyclic) bond motifs is 1. The minimum absolute atomic E-state index is 0.0869. The van der Waals surface area contributed by atoms with Crippen LogP contribution in [0.1, 0.15) is 147 Å². The Labute approximate surface area is 463 Å². The molecular weight excluding hydrogens is 949 g/mol. The van der Waals surface area contributed by atoms with Crippen LogP contribution in [0.25, 0.3) is 33.7 Å². The van der Waals surface area contributed by atoms with Gasteiger partial charge in [0.05, 0.1) is 22.5 Å². The van der Waals surface area contributed by atoms with Gasteiger partial charge in [0.2, 0.25) is 0 Å². The number of hydrogen-bond donors (Lipinski definition) is 0. The molecule has 2 heterocycles. The summed E-state index contributed by atoms with van der Waals surface area (Å²) in [4.78, 5) is 35.1. The van der Waals surface area contributed by atoms with Crippen LogP contribution < -0.4 is 0 Å². The summed E-state index contributed by atoms with van der Waals surface area (Å²) in [7, 11) is 0. The first kappa shape index (κ1) is 53.1. The third-order valence-corrected chi connectivity index (χ3v) is 15.4. The molecule has 4 heteroatoms. The summed E-state index contributed by atoms with van der Waals surface area (Å²) >= 11 is 0. The van der Waals surface area contributed by atoms with Crippen molar-refractivity contribution in [2.24, 2.45) is 0 Å². The monoisotopic (exact) mass is 1020 g/mol. The van der Waals surface area contributed by atoms with Crippen molar-refractivity contribution >= 4 is 45.5 Å². The molecule has 0 unspecified atom stereocenters. The molecule has 0 N–H and O–H groups in total. The zero-order chi connectivity index (χ0) is 53.5. The van der Waals surface area contributed by atoms with E-state index in [1.165, 1.54) is 38.5 Å². The van der Waals surface area contributed by atoms with Gasteiger partial charge in [-0.2, -0.15) is 0 Å². The van der Waals surface area contributed by atoms with E-state index in [4.69, 9.17) is 0 Å². The molecule has 0 fully saturated rings. The average Bonchev–Trinajstić information content (AvgIpc) is 4.07. The fraction of sp³-hybridized carbons (Fsp3) is 0.216. The second-order valence-electron chi connectivity index (χ2n) is 20.7. The lowest BCUT2D eigenvalue weighted by Gasteiger charge is -2.26. The van der Waals surface area contributed by atoms with E-state index < -0.39 is 0 Å². The van der Waals surface area contributed by atoms with E-state index in [1.54, 1.807) is 0 Å². The fourth-order valence-corrected chi connectivity index (χ4v) is 11.6. The van der Waals surface area contributed by atoms with Crippen molar-refractivity contribution in [1.29, 1.82) is 0 Å². The van der Waals surface area contributed by atoms with Gasteiger partial charge in [-0.25, -0.2) is 0 Å². The Bertz CT molecular complexity index is 3080. The van der Waals surface area contributed by atoms with Gasteiger partial charge in [-0.3, -0.25) is 9.59 Å². The summed E-state index contributed by atoms with van der Waals surface area (Å²) in [5.74, 6) is -0.174. The van der Waals surface area contributed by atoms with Gasteiger partial charge in [0.15, 0.2) is 0 Å². The van der Waals surface area contributed by atoms with Gasteiger partial charge < -0.3 is 9.80 Å². The van der Waals surface area contributed by atoms with E-state index in [0.29, 0.717) is 24.2 Å². The van der Waals surface area contributed by atoms with Crippen molar-refractivity contribution in [1.82, 2.24) is 9.80 Å². The van der Waals surface area contributed by atoms with Crippen LogP contribution in [0.3, 0.4) is 0 Å². The first-order chi connectivity index (χ1) is 38.6. The SMILES string of the molecule is CCCCCCCCN1C(=O)C2=C(c3ccc(C(=C(c4ccccc4)c4ccccc4)c4ccccc4)cc3)N(CCCCCCCC)C(=O)C2=C1c1ccc(C(=C(c2ccccc2)c2ccccc2)c2ccccc2)cc1. The first-order valence-corrected chi connectivity index (χ1v) is 28.7. The molecule has 78 heavy (non-hydrogen) atoms. The largest absolute Gasteiger partial charge is 0.307 e. The Morgan fingerprint density at radius 1 is 0.269 bits per heavy atom. The third kappa shape index (κ3) is 11.8. The van der Waals surface area contributed by atoms with Crippen molar-refractivity contribution in [2.45, 2.75) is 90.9 Å². The van der Waals surface area contributed by atoms with E-state index in [1.807, 2.05) is 9.80 Å². The van der Waals surface area contributed by atoms with Gasteiger partial charge in [-0.1, -0.05) is 309 Å².